The number of unbranched alkanes of at least 4 members (excludes halogenated alkanes) is 1. The predicted octanol–water partition coefficient (Wildman–Crippen LogP) is 5.07. The zero-order chi connectivity index (χ0) is 20.7. The Hall–Kier alpha value is -1.96. The zero-order valence-electron chi connectivity index (χ0n) is 16.4. The van der Waals surface area contributed by atoms with E-state index in [1.807, 2.05) is 19.1 Å². The van der Waals surface area contributed by atoms with Crippen LogP contribution in [0.1, 0.15) is 25.3 Å². The van der Waals surface area contributed by atoms with Crippen molar-refractivity contribution in [1.82, 2.24) is 0 Å². The van der Waals surface area contributed by atoms with Crippen molar-refractivity contribution >= 4 is 38.5 Å². The molecule has 0 aliphatic heterocycles. The smallest absolute Gasteiger partial charge is 0.175 e. The van der Waals surface area contributed by atoms with Crippen LogP contribution in [0.2, 0.25) is 5.02 Å². The lowest BCUT2D eigenvalue weighted by atomic mass is 10.1. The summed E-state index contributed by atoms with van der Waals surface area (Å²) in [5, 5.41) is 17.6. The summed E-state index contributed by atoms with van der Waals surface area (Å²) in [5.41, 5.74) is 3.22. The molecular formula is C20H26ClN3O3S. The number of sulfone groups is 1. The van der Waals surface area contributed by atoms with E-state index < -0.39 is 9.84 Å². The Balaban J connectivity index is 2.18. The van der Waals surface area contributed by atoms with E-state index >= 15 is 0 Å². The SMILES string of the molecule is CCN(CCCCO)c1ccc(N=Nc2ccc(S(C)(=O)=O)cc2Cl)c(C)c1. The van der Waals surface area contributed by atoms with Crippen LogP contribution >= 0.6 is 11.6 Å². The van der Waals surface area contributed by atoms with Gasteiger partial charge in [0.05, 0.1) is 15.6 Å². The third-order valence-electron chi connectivity index (χ3n) is 4.38. The number of halogens is 1. The van der Waals surface area contributed by atoms with Crippen LogP contribution in [0, 0.1) is 6.92 Å². The molecule has 0 atom stereocenters. The van der Waals surface area contributed by atoms with E-state index in [4.69, 9.17) is 16.7 Å². The molecule has 0 aromatic heterocycles. The maximum absolute atomic E-state index is 11.6. The minimum Gasteiger partial charge on any atom is -0.396 e. The van der Waals surface area contributed by atoms with Crippen LogP contribution in [0.4, 0.5) is 17.1 Å². The van der Waals surface area contributed by atoms with Gasteiger partial charge in [-0.1, -0.05) is 11.6 Å². The topological polar surface area (TPSA) is 82.3 Å². The lowest BCUT2D eigenvalue weighted by Crippen LogP contribution is -2.24. The van der Waals surface area contributed by atoms with Crippen LogP contribution in [0.25, 0.3) is 0 Å². The summed E-state index contributed by atoms with van der Waals surface area (Å²) in [6.07, 6.45) is 2.86. The molecular weight excluding hydrogens is 398 g/mol. The van der Waals surface area contributed by atoms with Crippen LogP contribution in [0.15, 0.2) is 51.5 Å². The Kier molecular flexibility index (Phi) is 7.98. The minimum absolute atomic E-state index is 0.151. The van der Waals surface area contributed by atoms with Gasteiger partial charge in [0.15, 0.2) is 9.84 Å². The van der Waals surface area contributed by atoms with E-state index in [0.29, 0.717) is 5.69 Å². The van der Waals surface area contributed by atoms with E-state index in [-0.39, 0.29) is 16.5 Å². The average Bonchev–Trinajstić information content (AvgIpc) is 2.64. The first kappa shape index (κ1) is 22.3. The molecule has 0 bridgehead atoms. The molecule has 1 N–H and O–H groups in total. The van der Waals surface area contributed by atoms with Gasteiger partial charge in [0.1, 0.15) is 5.69 Å². The maximum atomic E-state index is 11.6. The molecule has 2 rings (SSSR count). The van der Waals surface area contributed by atoms with Crippen molar-refractivity contribution in [2.75, 3.05) is 30.9 Å². The second-order valence-corrected chi connectivity index (χ2v) is 8.99. The fourth-order valence-electron chi connectivity index (χ4n) is 2.74. The van der Waals surface area contributed by atoms with Crippen molar-refractivity contribution in [3.05, 3.63) is 47.0 Å². The lowest BCUT2D eigenvalue weighted by molar-refractivity contribution is 0.285. The third kappa shape index (κ3) is 6.02. The van der Waals surface area contributed by atoms with Gasteiger partial charge < -0.3 is 10.0 Å². The Labute approximate surface area is 171 Å². The number of benzene rings is 2. The van der Waals surface area contributed by atoms with Crippen LogP contribution in [-0.2, 0) is 9.84 Å². The summed E-state index contributed by atoms with van der Waals surface area (Å²) in [6.45, 7) is 6.05. The third-order valence-corrected chi connectivity index (χ3v) is 5.79. The predicted molar refractivity (Wildman–Crippen MR) is 114 cm³/mol. The van der Waals surface area contributed by atoms with Crippen LogP contribution in [-0.4, -0.2) is 39.5 Å². The largest absolute Gasteiger partial charge is 0.396 e. The fraction of sp³-hybridized carbons (Fsp3) is 0.400. The van der Waals surface area contributed by atoms with E-state index in [1.54, 1.807) is 6.07 Å². The molecule has 6 nitrogen and oxygen atoms in total. The number of aryl methyl sites for hydroxylation is 1. The Morgan fingerprint density at radius 2 is 1.75 bits per heavy atom. The number of azo groups is 1. The molecule has 152 valence electrons. The first-order chi connectivity index (χ1) is 13.3. The first-order valence-corrected chi connectivity index (χ1v) is 11.4. The quantitative estimate of drug-likeness (QED) is 0.451. The monoisotopic (exact) mass is 423 g/mol. The number of rotatable bonds is 9. The van der Waals surface area contributed by atoms with Crippen LogP contribution in [0.3, 0.4) is 0 Å². The van der Waals surface area contributed by atoms with Gasteiger partial charge >= 0.3 is 0 Å². The Morgan fingerprint density at radius 1 is 1.07 bits per heavy atom. The highest BCUT2D eigenvalue weighted by atomic mass is 35.5. The highest BCUT2D eigenvalue weighted by Gasteiger charge is 2.10. The summed E-state index contributed by atoms with van der Waals surface area (Å²) in [5.74, 6) is 0. The van der Waals surface area contributed by atoms with E-state index in [2.05, 4.69) is 28.1 Å². The van der Waals surface area contributed by atoms with Gasteiger partial charge in [0, 0.05) is 31.6 Å². The molecule has 28 heavy (non-hydrogen) atoms. The number of aliphatic hydroxyl groups excluding tert-OH is 1. The molecule has 0 radical (unpaired) electrons. The highest BCUT2D eigenvalue weighted by molar-refractivity contribution is 7.90. The van der Waals surface area contributed by atoms with Crippen molar-refractivity contribution in [1.29, 1.82) is 0 Å². The molecule has 0 aliphatic rings. The van der Waals surface area contributed by atoms with Gasteiger partial charge in [-0.3, -0.25) is 0 Å². The van der Waals surface area contributed by atoms with Crippen molar-refractivity contribution < 1.29 is 13.5 Å². The fourth-order valence-corrected chi connectivity index (χ4v) is 3.67. The minimum atomic E-state index is -3.32. The maximum Gasteiger partial charge on any atom is 0.175 e. The van der Waals surface area contributed by atoms with Crippen LogP contribution < -0.4 is 4.90 Å². The highest BCUT2D eigenvalue weighted by Crippen LogP contribution is 2.31. The van der Waals surface area contributed by atoms with Gasteiger partial charge in [0.25, 0.3) is 0 Å². The Morgan fingerprint density at radius 3 is 2.32 bits per heavy atom. The van der Waals surface area contributed by atoms with Crippen LogP contribution in [0.5, 0.6) is 0 Å². The molecule has 0 saturated heterocycles. The second kappa shape index (κ2) is 10.0. The zero-order valence-corrected chi connectivity index (χ0v) is 18.0. The molecule has 0 saturated carbocycles. The molecule has 2 aromatic carbocycles. The lowest BCUT2D eigenvalue weighted by Gasteiger charge is -2.23. The van der Waals surface area contributed by atoms with Gasteiger partial charge in [-0.2, -0.15) is 5.11 Å². The second-order valence-electron chi connectivity index (χ2n) is 6.57. The molecule has 0 spiro atoms. The number of nitrogens with zero attached hydrogens (tertiary/aromatic N) is 3. The van der Waals surface area contributed by atoms with E-state index in [1.165, 1.54) is 12.1 Å². The number of hydrogen-bond acceptors (Lipinski definition) is 6. The van der Waals surface area contributed by atoms with Gasteiger partial charge in [-0.25, -0.2) is 8.42 Å². The number of hydrogen-bond donors (Lipinski definition) is 1. The summed E-state index contributed by atoms with van der Waals surface area (Å²) in [6, 6.07) is 10.4. The summed E-state index contributed by atoms with van der Waals surface area (Å²) in [4.78, 5) is 2.41. The Bertz CT molecular complexity index is 946. The van der Waals surface area contributed by atoms with Crippen molar-refractivity contribution in [2.45, 2.75) is 31.6 Å². The normalized spacial score (nSPS) is 11.9. The standard InChI is InChI=1S/C20H26ClN3O3S/c1-4-24(11-5-6-12-25)16-7-9-19(15(2)13-16)22-23-20-10-8-17(14-18(20)21)28(3,26)27/h7-10,13-14,25H,4-6,11-12H2,1-3H3. The van der Waals surface area contributed by atoms with E-state index in [9.17, 15) is 8.42 Å². The van der Waals surface area contributed by atoms with Crippen molar-refractivity contribution in [2.24, 2.45) is 10.2 Å². The molecule has 0 fully saturated rings. The summed E-state index contributed by atoms with van der Waals surface area (Å²) < 4.78 is 23.2. The molecule has 0 aliphatic carbocycles. The molecule has 0 heterocycles. The number of anilines is 1. The molecule has 8 heteroatoms. The molecule has 0 amide bonds. The van der Waals surface area contributed by atoms with E-state index in [0.717, 1.165) is 49.1 Å². The summed E-state index contributed by atoms with van der Waals surface area (Å²) >= 11 is 6.14. The van der Waals surface area contributed by atoms with Gasteiger partial charge in [-0.15, -0.1) is 5.11 Å². The van der Waals surface area contributed by atoms with Crippen molar-refractivity contribution in [3.8, 4) is 0 Å². The number of aliphatic hydroxyl groups is 1. The van der Waals surface area contributed by atoms with Gasteiger partial charge in [0.2, 0.25) is 0 Å². The first-order valence-electron chi connectivity index (χ1n) is 9.14. The summed E-state index contributed by atoms with van der Waals surface area (Å²) in [7, 11) is -3.32. The van der Waals surface area contributed by atoms with Gasteiger partial charge in [-0.05, 0) is 68.7 Å². The van der Waals surface area contributed by atoms with Crippen molar-refractivity contribution in [3.63, 3.8) is 0 Å². The molecule has 2 aromatic rings. The molecule has 0 unspecified atom stereocenters. The average molecular weight is 424 g/mol.